The molecule has 4 nitrogen and oxygen atoms in total. The summed E-state index contributed by atoms with van der Waals surface area (Å²) in [4.78, 5) is 22.9. The number of Topliss-reactive ketones (excluding diaryl/α,β-unsaturated/α-hetero) is 2. The summed E-state index contributed by atoms with van der Waals surface area (Å²) in [5.74, 6) is -0.227. The number of halogens is 1. The van der Waals surface area contributed by atoms with Crippen molar-refractivity contribution in [2.75, 3.05) is 13.2 Å². The number of hydrogen-bond donors (Lipinski definition) is 0. The van der Waals surface area contributed by atoms with Crippen LogP contribution in [0.5, 0.6) is 0 Å². The predicted octanol–water partition coefficient (Wildman–Crippen LogP) is 2.61. The van der Waals surface area contributed by atoms with Crippen molar-refractivity contribution in [2.45, 2.75) is 19.8 Å². The van der Waals surface area contributed by atoms with Crippen LogP contribution in [0.1, 0.15) is 30.3 Å². The van der Waals surface area contributed by atoms with Crippen molar-refractivity contribution in [2.24, 2.45) is 0 Å². The van der Waals surface area contributed by atoms with Crippen LogP contribution in [0.15, 0.2) is 21.2 Å². The molecule has 0 saturated carbocycles. The predicted molar refractivity (Wildman–Crippen MR) is 61.5 cm³/mol. The van der Waals surface area contributed by atoms with E-state index in [0.29, 0.717) is 17.9 Å². The molecule has 0 aliphatic heterocycles. The molecule has 88 valence electrons. The van der Waals surface area contributed by atoms with Crippen molar-refractivity contribution >= 4 is 27.5 Å². The van der Waals surface area contributed by atoms with Crippen molar-refractivity contribution in [3.05, 3.63) is 22.6 Å². The molecule has 0 bridgehead atoms. The second-order valence-electron chi connectivity index (χ2n) is 3.19. The molecule has 1 aromatic rings. The third-order valence-corrected chi connectivity index (χ3v) is 2.36. The van der Waals surface area contributed by atoms with Crippen molar-refractivity contribution in [1.82, 2.24) is 0 Å². The zero-order chi connectivity index (χ0) is 12.0. The Morgan fingerprint density at radius 1 is 1.44 bits per heavy atom. The van der Waals surface area contributed by atoms with Gasteiger partial charge in [-0.1, -0.05) is 0 Å². The Morgan fingerprint density at radius 3 is 2.75 bits per heavy atom. The lowest BCUT2D eigenvalue weighted by molar-refractivity contribution is -0.119. The first kappa shape index (κ1) is 13.1. The number of carbonyl (C=O) groups excluding carboxylic acids is 2. The van der Waals surface area contributed by atoms with Crippen molar-refractivity contribution in [3.63, 3.8) is 0 Å². The van der Waals surface area contributed by atoms with E-state index in [1.54, 1.807) is 12.1 Å². The van der Waals surface area contributed by atoms with Crippen LogP contribution in [-0.2, 0) is 9.53 Å². The Kier molecular flexibility index (Phi) is 5.42. The molecular formula is C11H13BrO4. The van der Waals surface area contributed by atoms with Gasteiger partial charge in [0.1, 0.15) is 5.78 Å². The largest absolute Gasteiger partial charge is 0.446 e. The lowest BCUT2D eigenvalue weighted by atomic mass is 10.1. The highest BCUT2D eigenvalue weighted by Gasteiger charge is 2.14. The zero-order valence-electron chi connectivity index (χ0n) is 8.99. The van der Waals surface area contributed by atoms with Gasteiger partial charge in [0.05, 0.1) is 13.0 Å². The van der Waals surface area contributed by atoms with Gasteiger partial charge in [0.25, 0.3) is 0 Å². The van der Waals surface area contributed by atoms with Gasteiger partial charge in [0, 0.05) is 13.0 Å². The van der Waals surface area contributed by atoms with E-state index in [0.717, 1.165) is 0 Å². The summed E-state index contributed by atoms with van der Waals surface area (Å²) in [5.41, 5.74) is 0. The van der Waals surface area contributed by atoms with E-state index < -0.39 is 0 Å². The number of hydrogen-bond acceptors (Lipinski definition) is 4. The van der Waals surface area contributed by atoms with Gasteiger partial charge in [-0.3, -0.25) is 9.59 Å². The van der Waals surface area contributed by atoms with Crippen molar-refractivity contribution < 1.29 is 18.7 Å². The SMILES string of the molecule is CCOCCC(=O)CC(=O)c1ccc(Br)o1. The van der Waals surface area contributed by atoms with Gasteiger partial charge in [-0.2, -0.15) is 0 Å². The Labute approximate surface area is 102 Å². The van der Waals surface area contributed by atoms with Crippen LogP contribution >= 0.6 is 15.9 Å². The molecule has 0 fully saturated rings. The first-order chi connectivity index (χ1) is 7.63. The van der Waals surface area contributed by atoms with Crippen molar-refractivity contribution in [1.29, 1.82) is 0 Å². The molecule has 0 unspecified atom stereocenters. The molecule has 16 heavy (non-hydrogen) atoms. The number of furan rings is 1. The van der Waals surface area contributed by atoms with Gasteiger partial charge in [0.2, 0.25) is 5.78 Å². The van der Waals surface area contributed by atoms with E-state index in [9.17, 15) is 9.59 Å². The van der Waals surface area contributed by atoms with Crippen LogP contribution in [0.25, 0.3) is 0 Å². The maximum atomic E-state index is 11.5. The average molecular weight is 289 g/mol. The molecule has 0 aliphatic carbocycles. The summed E-state index contributed by atoms with van der Waals surface area (Å²) < 4.78 is 10.6. The van der Waals surface area contributed by atoms with Crippen LogP contribution in [-0.4, -0.2) is 24.8 Å². The fourth-order valence-electron chi connectivity index (χ4n) is 1.15. The van der Waals surface area contributed by atoms with E-state index in [4.69, 9.17) is 9.15 Å². The monoisotopic (exact) mass is 288 g/mol. The molecule has 0 amide bonds. The number of carbonyl (C=O) groups is 2. The van der Waals surface area contributed by atoms with E-state index in [1.807, 2.05) is 6.92 Å². The van der Waals surface area contributed by atoms with Crippen LogP contribution in [0, 0.1) is 0 Å². The molecule has 1 rings (SSSR count). The van der Waals surface area contributed by atoms with Crippen LogP contribution in [0.2, 0.25) is 0 Å². The quantitative estimate of drug-likeness (QED) is 0.440. The first-order valence-corrected chi connectivity index (χ1v) is 5.80. The van der Waals surface area contributed by atoms with E-state index in [-0.39, 0.29) is 30.2 Å². The summed E-state index contributed by atoms with van der Waals surface area (Å²) in [6.45, 7) is 2.80. The Morgan fingerprint density at radius 2 is 2.19 bits per heavy atom. The molecule has 5 heteroatoms. The molecule has 0 spiro atoms. The highest BCUT2D eigenvalue weighted by atomic mass is 79.9. The third kappa shape index (κ3) is 4.28. The second kappa shape index (κ2) is 6.60. The number of rotatable bonds is 7. The molecule has 1 heterocycles. The average Bonchev–Trinajstić information content (AvgIpc) is 2.65. The number of ether oxygens (including phenoxy) is 1. The first-order valence-electron chi connectivity index (χ1n) is 5.01. The lowest BCUT2D eigenvalue weighted by Gasteiger charge is -1.99. The van der Waals surface area contributed by atoms with Crippen LogP contribution < -0.4 is 0 Å². The Bertz CT molecular complexity index is 370. The summed E-state index contributed by atoms with van der Waals surface area (Å²) >= 11 is 3.09. The molecule has 0 N–H and O–H groups in total. The van der Waals surface area contributed by atoms with Gasteiger partial charge in [0.15, 0.2) is 10.4 Å². The molecule has 0 radical (unpaired) electrons. The highest BCUT2D eigenvalue weighted by Crippen LogP contribution is 2.15. The molecular weight excluding hydrogens is 276 g/mol. The third-order valence-electron chi connectivity index (χ3n) is 1.94. The summed E-state index contributed by atoms with van der Waals surface area (Å²) in [6, 6.07) is 3.17. The molecule has 0 saturated heterocycles. The normalized spacial score (nSPS) is 10.4. The zero-order valence-corrected chi connectivity index (χ0v) is 10.6. The maximum absolute atomic E-state index is 11.5. The smallest absolute Gasteiger partial charge is 0.205 e. The lowest BCUT2D eigenvalue weighted by Crippen LogP contribution is -2.10. The molecule has 0 aromatic carbocycles. The molecule has 0 atom stereocenters. The van der Waals surface area contributed by atoms with Gasteiger partial charge < -0.3 is 9.15 Å². The second-order valence-corrected chi connectivity index (χ2v) is 3.97. The van der Waals surface area contributed by atoms with Gasteiger partial charge in [-0.05, 0) is 35.0 Å². The molecule has 1 aromatic heterocycles. The number of ketones is 2. The Hall–Kier alpha value is -0.940. The maximum Gasteiger partial charge on any atom is 0.205 e. The van der Waals surface area contributed by atoms with Gasteiger partial charge in [-0.25, -0.2) is 0 Å². The standard InChI is InChI=1S/C11H13BrO4/c1-2-15-6-5-8(13)7-9(14)10-3-4-11(12)16-10/h3-4H,2,5-7H2,1H3. The van der Waals surface area contributed by atoms with Gasteiger partial charge >= 0.3 is 0 Å². The Balaban J connectivity index is 2.37. The van der Waals surface area contributed by atoms with Gasteiger partial charge in [-0.15, -0.1) is 0 Å². The topological polar surface area (TPSA) is 56.5 Å². The summed E-state index contributed by atoms with van der Waals surface area (Å²) in [5, 5.41) is 0. The van der Waals surface area contributed by atoms with E-state index in [2.05, 4.69) is 15.9 Å². The van der Waals surface area contributed by atoms with Crippen LogP contribution in [0.3, 0.4) is 0 Å². The highest BCUT2D eigenvalue weighted by molar-refractivity contribution is 9.10. The minimum absolute atomic E-state index is 0.132. The fraction of sp³-hybridized carbons (Fsp3) is 0.455. The van der Waals surface area contributed by atoms with Crippen LogP contribution in [0.4, 0.5) is 0 Å². The summed E-state index contributed by atoms with van der Waals surface area (Å²) in [6.07, 6.45) is 0.133. The molecule has 0 aliphatic rings. The van der Waals surface area contributed by atoms with Crippen molar-refractivity contribution in [3.8, 4) is 0 Å². The fourth-order valence-corrected chi connectivity index (χ4v) is 1.46. The van der Waals surface area contributed by atoms with E-state index >= 15 is 0 Å². The minimum atomic E-state index is -0.299. The summed E-state index contributed by atoms with van der Waals surface area (Å²) in [7, 11) is 0. The van der Waals surface area contributed by atoms with E-state index in [1.165, 1.54) is 0 Å². The minimum Gasteiger partial charge on any atom is -0.446 e.